The van der Waals surface area contributed by atoms with Crippen LogP contribution in [0.4, 0.5) is 11.4 Å². The fraction of sp³-hybridized carbons (Fsp3) is 0.188. The van der Waals surface area contributed by atoms with E-state index >= 15 is 0 Å². The molecule has 0 radical (unpaired) electrons. The van der Waals surface area contributed by atoms with Gasteiger partial charge in [-0.1, -0.05) is 22.0 Å². The maximum absolute atomic E-state index is 10.9. The van der Waals surface area contributed by atoms with Crippen molar-refractivity contribution >= 4 is 33.2 Å². The standard InChI is InChI=1S/C16H17BrN2O2/c1-12(20)19-15-7-5-14(6-8-15)18-9-10-21-16-4-2-3-13(17)11-16/h2-8,11,18H,9-10H2,1H3,(H,19,20). The van der Waals surface area contributed by atoms with Crippen LogP contribution in [0.1, 0.15) is 6.92 Å². The second kappa shape index (κ2) is 7.69. The summed E-state index contributed by atoms with van der Waals surface area (Å²) in [6.07, 6.45) is 0. The molecule has 4 nitrogen and oxygen atoms in total. The van der Waals surface area contributed by atoms with Gasteiger partial charge in [-0.15, -0.1) is 0 Å². The van der Waals surface area contributed by atoms with Gasteiger partial charge in [0.25, 0.3) is 0 Å². The van der Waals surface area contributed by atoms with Crippen LogP contribution in [-0.4, -0.2) is 19.1 Å². The first kappa shape index (κ1) is 15.4. The van der Waals surface area contributed by atoms with Crippen LogP contribution in [0.3, 0.4) is 0 Å². The van der Waals surface area contributed by atoms with Gasteiger partial charge in [0.05, 0.1) is 0 Å². The van der Waals surface area contributed by atoms with E-state index in [1.807, 2.05) is 48.5 Å². The van der Waals surface area contributed by atoms with Crippen LogP contribution in [0.15, 0.2) is 53.0 Å². The fourth-order valence-corrected chi connectivity index (χ4v) is 2.17. The SMILES string of the molecule is CC(=O)Nc1ccc(NCCOc2cccc(Br)c2)cc1. The summed E-state index contributed by atoms with van der Waals surface area (Å²) >= 11 is 3.41. The van der Waals surface area contributed by atoms with Crippen molar-refractivity contribution < 1.29 is 9.53 Å². The Morgan fingerprint density at radius 2 is 1.86 bits per heavy atom. The molecule has 110 valence electrons. The highest BCUT2D eigenvalue weighted by atomic mass is 79.9. The van der Waals surface area contributed by atoms with Crippen molar-refractivity contribution in [3.05, 3.63) is 53.0 Å². The predicted octanol–water partition coefficient (Wildman–Crippen LogP) is 3.90. The van der Waals surface area contributed by atoms with Gasteiger partial charge in [0.1, 0.15) is 12.4 Å². The average Bonchev–Trinajstić information content (AvgIpc) is 2.45. The second-order valence-corrected chi connectivity index (χ2v) is 5.41. The zero-order valence-corrected chi connectivity index (χ0v) is 13.3. The van der Waals surface area contributed by atoms with Gasteiger partial charge in [-0.2, -0.15) is 0 Å². The van der Waals surface area contributed by atoms with Gasteiger partial charge >= 0.3 is 0 Å². The molecule has 0 aliphatic rings. The van der Waals surface area contributed by atoms with E-state index in [2.05, 4.69) is 26.6 Å². The van der Waals surface area contributed by atoms with Crippen LogP contribution in [0.5, 0.6) is 5.75 Å². The molecule has 0 unspecified atom stereocenters. The van der Waals surface area contributed by atoms with Crippen molar-refractivity contribution in [3.8, 4) is 5.75 Å². The summed E-state index contributed by atoms with van der Waals surface area (Å²) in [6.45, 7) is 2.77. The maximum Gasteiger partial charge on any atom is 0.221 e. The molecule has 0 spiro atoms. The quantitative estimate of drug-likeness (QED) is 0.778. The van der Waals surface area contributed by atoms with Crippen molar-refractivity contribution in [1.29, 1.82) is 0 Å². The van der Waals surface area contributed by atoms with Crippen LogP contribution >= 0.6 is 15.9 Å². The van der Waals surface area contributed by atoms with Crippen molar-refractivity contribution in [1.82, 2.24) is 0 Å². The van der Waals surface area contributed by atoms with Crippen molar-refractivity contribution in [2.45, 2.75) is 6.92 Å². The smallest absolute Gasteiger partial charge is 0.221 e. The molecular formula is C16H17BrN2O2. The lowest BCUT2D eigenvalue weighted by Gasteiger charge is -2.09. The van der Waals surface area contributed by atoms with E-state index in [9.17, 15) is 4.79 Å². The van der Waals surface area contributed by atoms with Gasteiger partial charge in [0, 0.05) is 29.3 Å². The molecular weight excluding hydrogens is 332 g/mol. The number of rotatable bonds is 6. The third-order valence-electron chi connectivity index (χ3n) is 2.70. The lowest BCUT2D eigenvalue weighted by molar-refractivity contribution is -0.114. The number of hydrogen-bond acceptors (Lipinski definition) is 3. The molecule has 0 aliphatic heterocycles. The van der Waals surface area contributed by atoms with E-state index in [4.69, 9.17) is 4.74 Å². The minimum atomic E-state index is -0.0712. The third-order valence-corrected chi connectivity index (χ3v) is 3.19. The monoisotopic (exact) mass is 348 g/mol. The number of carbonyl (C=O) groups excluding carboxylic acids is 1. The highest BCUT2D eigenvalue weighted by Crippen LogP contribution is 2.17. The van der Waals surface area contributed by atoms with E-state index in [1.165, 1.54) is 6.92 Å². The van der Waals surface area contributed by atoms with E-state index < -0.39 is 0 Å². The molecule has 21 heavy (non-hydrogen) atoms. The Labute approximate surface area is 132 Å². The fourth-order valence-electron chi connectivity index (χ4n) is 1.80. The predicted molar refractivity (Wildman–Crippen MR) is 88.9 cm³/mol. The number of anilines is 2. The molecule has 1 amide bonds. The summed E-state index contributed by atoms with van der Waals surface area (Å²) in [4.78, 5) is 10.9. The van der Waals surface area contributed by atoms with E-state index in [0.29, 0.717) is 13.2 Å². The van der Waals surface area contributed by atoms with Crippen molar-refractivity contribution in [2.24, 2.45) is 0 Å². The molecule has 0 atom stereocenters. The summed E-state index contributed by atoms with van der Waals surface area (Å²) in [5, 5.41) is 5.99. The molecule has 2 rings (SSSR count). The van der Waals surface area contributed by atoms with Crippen molar-refractivity contribution in [3.63, 3.8) is 0 Å². The Balaban J connectivity index is 1.74. The number of nitrogens with one attached hydrogen (secondary N) is 2. The highest BCUT2D eigenvalue weighted by Gasteiger charge is 1.97. The lowest BCUT2D eigenvalue weighted by Crippen LogP contribution is -2.11. The molecule has 0 fully saturated rings. The van der Waals surface area contributed by atoms with E-state index in [0.717, 1.165) is 21.6 Å². The van der Waals surface area contributed by atoms with E-state index in [1.54, 1.807) is 0 Å². The van der Waals surface area contributed by atoms with Gasteiger partial charge in [-0.05, 0) is 42.5 Å². The molecule has 0 bridgehead atoms. The minimum Gasteiger partial charge on any atom is -0.492 e. The van der Waals surface area contributed by atoms with Crippen LogP contribution < -0.4 is 15.4 Å². The van der Waals surface area contributed by atoms with Crippen molar-refractivity contribution in [2.75, 3.05) is 23.8 Å². The summed E-state index contributed by atoms with van der Waals surface area (Å²) in [7, 11) is 0. The van der Waals surface area contributed by atoms with Crippen LogP contribution in [0.25, 0.3) is 0 Å². The van der Waals surface area contributed by atoms with Gasteiger partial charge in [0.2, 0.25) is 5.91 Å². The largest absolute Gasteiger partial charge is 0.492 e. The zero-order chi connectivity index (χ0) is 15.1. The summed E-state index contributed by atoms with van der Waals surface area (Å²) < 4.78 is 6.64. The molecule has 2 aromatic rings. The Hall–Kier alpha value is -2.01. The number of halogens is 1. The first-order valence-corrected chi connectivity index (χ1v) is 7.43. The number of hydrogen-bond donors (Lipinski definition) is 2. The first-order valence-electron chi connectivity index (χ1n) is 6.63. The number of amides is 1. The third kappa shape index (κ3) is 5.47. The minimum absolute atomic E-state index is 0.0712. The van der Waals surface area contributed by atoms with Gasteiger partial charge in [0.15, 0.2) is 0 Å². The van der Waals surface area contributed by atoms with Gasteiger partial charge < -0.3 is 15.4 Å². The van der Waals surface area contributed by atoms with Crippen LogP contribution in [0.2, 0.25) is 0 Å². The second-order valence-electron chi connectivity index (χ2n) is 4.49. The molecule has 0 heterocycles. The number of ether oxygens (including phenoxy) is 1. The number of carbonyl (C=O) groups is 1. The Morgan fingerprint density at radius 3 is 2.52 bits per heavy atom. The molecule has 2 aromatic carbocycles. The Morgan fingerprint density at radius 1 is 1.14 bits per heavy atom. The van der Waals surface area contributed by atoms with Gasteiger partial charge in [-0.25, -0.2) is 0 Å². The topological polar surface area (TPSA) is 50.4 Å². The summed E-state index contributed by atoms with van der Waals surface area (Å²) in [6, 6.07) is 15.3. The van der Waals surface area contributed by atoms with Gasteiger partial charge in [-0.3, -0.25) is 4.79 Å². The Bertz CT molecular complexity index is 599. The molecule has 0 saturated carbocycles. The average molecular weight is 349 g/mol. The van der Waals surface area contributed by atoms with E-state index in [-0.39, 0.29) is 5.91 Å². The zero-order valence-electron chi connectivity index (χ0n) is 11.7. The molecule has 5 heteroatoms. The first-order chi connectivity index (χ1) is 10.1. The lowest BCUT2D eigenvalue weighted by atomic mass is 10.3. The summed E-state index contributed by atoms with van der Waals surface area (Å²) in [5.74, 6) is 0.769. The number of benzene rings is 2. The van der Waals surface area contributed by atoms with Crippen LogP contribution in [-0.2, 0) is 4.79 Å². The highest BCUT2D eigenvalue weighted by molar-refractivity contribution is 9.10. The Kier molecular flexibility index (Phi) is 5.63. The summed E-state index contributed by atoms with van der Waals surface area (Å²) in [5.41, 5.74) is 1.78. The normalized spacial score (nSPS) is 10.0. The van der Waals surface area contributed by atoms with Crippen LogP contribution in [0, 0.1) is 0 Å². The molecule has 0 saturated heterocycles. The molecule has 0 aromatic heterocycles. The maximum atomic E-state index is 10.9. The molecule has 2 N–H and O–H groups in total. The molecule has 0 aliphatic carbocycles.